The van der Waals surface area contributed by atoms with Crippen LogP contribution in [0, 0.1) is 0 Å². The highest BCUT2D eigenvalue weighted by molar-refractivity contribution is 5.88. The number of rotatable bonds is 1. The van der Waals surface area contributed by atoms with Gasteiger partial charge < -0.3 is 15.3 Å². The highest BCUT2D eigenvalue weighted by Crippen LogP contribution is 2.24. The normalized spacial score (nSPS) is 9.45. The molecule has 0 bridgehead atoms. The number of phenolic OH excluding ortho intramolecular Hbond substituents is 2. The van der Waals surface area contributed by atoms with Gasteiger partial charge in [-0.25, -0.2) is 4.79 Å². The van der Waals surface area contributed by atoms with E-state index in [1.54, 1.807) is 0 Å². The van der Waals surface area contributed by atoms with E-state index in [1.807, 2.05) is 0 Å². The van der Waals surface area contributed by atoms with E-state index in [0.29, 0.717) is 0 Å². The van der Waals surface area contributed by atoms with Gasteiger partial charge in [-0.1, -0.05) is 0 Å². The van der Waals surface area contributed by atoms with E-state index in [2.05, 4.69) is 0 Å². The molecule has 0 fully saturated rings. The zero-order valence-electron chi connectivity index (χ0n) is 5.48. The molecule has 58 valence electrons. The van der Waals surface area contributed by atoms with Crippen LogP contribution in [0.2, 0.25) is 0 Å². The smallest absolute Gasteiger partial charge is 0.335 e. The average molecular weight is 157 g/mol. The molecule has 0 atom stereocenters. The van der Waals surface area contributed by atoms with E-state index in [4.69, 9.17) is 15.3 Å². The number of carbonyl (C=O) groups is 1. The van der Waals surface area contributed by atoms with Crippen molar-refractivity contribution >= 4 is 5.97 Å². The Bertz CT molecular complexity index is 292. The summed E-state index contributed by atoms with van der Waals surface area (Å²) >= 11 is 0. The highest BCUT2D eigenvalue weighted by Gasteiger charge is 2.05. The van der Waals surface area contributed by atoms with Crippen molar-refractivity contribution in [1.29, 1.82) is 0 Å². The average Bonchev–Trinajstić information content (AvgIpc) is 1.94. The summed E-state index contributed by atoms with van der Waals surface area (Å²) in [6.45, 7) is 0. The summed E-state index contributed by atoms with van der Waals surface area (Å²) < 4.78 is 0. The van der Waals surface area contributed by atoms with Crippen molar-refractivity contribution in [2.24, 2.45) is 0 Å². The van der Waals surface area contributed by atoms with Crippen LogP contribution in [0.15, 0.2) is 18.2 Å². The first-order valence-corrected chi connectivity index (χ1v) is 2.86. The zero-order chi connectivity index (χ0) is 8.43. The summed E-state index contributed by atoms with van der Waals surface area (Å²) in [6, 6.07) is 3.31. The molecule has 0 unspecified atom stereocenters. The molecule has 0 aromatic heterocycles. The number of carboxylic acid groups (broad SMARTS) is 1. The molecule has 1 aromatic carbocycles. The number of aromatic carboxylic acids is 1. The molecule has 4 nitrogen and oxygen atoms in total. The van der Waals surface area contributed by atoms with Crippen molar-refractivity contribution in [1.82, 2.24) is 0 Å². The lowest BCUT2D eigenvalue weighted by Gasteiger charge is -1.97. The molecule has 1 rings (SSSR count). The molecule has 0 aliphatic rings. The third-order valence-corrected chi connectivity index (χ3v) is 1.22. The molecule has 1 aromatic rings. The van der Waals surface area contributed by atoms with Gasteiger partial charge in [0.1, 0.15) is 0 Å². The van der Waals surface area contributed by atoms with Crippen LogP contribution in [0.25, 0.3) is 0 Å². The number of hydrogen-bond donors (Lipinski definition) is 3. The number of hydrogen-bond acceptors (Lipinski definition) is 3. The van der Waals surface area contributed by atoms with E-state index in [0.717, 1.165) is 12.1 Å². The van der Waals surface area contributed by atoms with E-state index < -0.39 is 11.7 Å². The monoisotopic (exact) mass is 157 g/mol. The van der Waals surface area contributed by atoms with Gasteiger partial charge in [0.05, 0.1) is 5.56 Å². The third kappa shape index (κ3) is 1.40. The SMILES string of the molecule is O=C(O)[13c]1c[13cH]c(O)[13c](O)c1. The lowest BCUT2D eigenvalue weighted by molar-refractivity contribution is 0.0696. The fraction of sp³-hybridized carbons (Fsp3) is 0. The topological polar surface area (TPSA) is 77.8 Å². The fourth-order valence-electron chi connectivity index (χ4n) is 0.656. The standard InChI is InChI=1S/C7H6O4/c8-5-2-1-4(7(10)11)3-6(5)9/h1-3,8-9H,(H,10,11)/i2+1,4+1,6+1. The number of phenols is 2. The summed E-state index contributed by atoms with van der Waals surface area (Å²) in [4.78, 5) is 10.3. The Morgan fingerprint density at radius 3 is 2.27 bits per heavy atom. The minimum Gasteiger partial charge on any atom is -0.504 e. The van der Waals surface area contributed by atoms with Gasteiger partial charge in [0.25, 0.3) is 0 Å². The first-order valence-electron chi connectivity index (χ1n) is 2.86. The Kier molecular flexibility index (Phi) is 1.68. The van der Waals surface area contributed by atoms with Crippen LogP contribution in [0.1, 0.15) is 10.4 Å². The minimum absolute atomic E-state index is 0.0553. The Morgan fingerprint density at radius 1 is 1.18 bits per heavy atom. The van der Waals surface area contributed by atoms with Gasteiger partial charge in [-0.3, -0.25) is 0 Å². The van der Waals surface area contributed by atoms with Crippen molar-refractivity contribution in [3.05, 3.63) is 23.8 Å². The van der Waals surface area contributed by atoms with Crippen molar-refractivity contribution in [3.8, 4) is 11.5 Å². The first kappa shape index (κ1) is 7.40. The Labute approximate surface area is 62.3 Å². The van der Waals surface area contributed by atoms with Crippen molar-refractivity contribution in [2.45, 2.75) is 0 Å². The third-order valence-electron chi connectivity index (χ3n) is 1.22. The summed E-state index contributed by atoms with van der Waals surface area (Å²) in [5.74, 6) is -1.89. The van der Waals surface area contributed by atoms with Crippen LogP contribution in [-0.2, 0) is 0 Å². The quantitative estimate of drug-likeness (QED) is 0.527. The number of carboxylic acids is 1. The van der Waals surface area contributed by atoms with E-state index in [9.17, 15) is 4.79 Å². The lowest BCUT2D eigenvalue weighted by Crippen LogP contribution is -1.94. The summed E-state index contributed by atoms with van der Waals surface area (Å²) in [7, 11) is 0. The van der Waals surface area contributed by atoms with Gasteiger partial charge >= 0.3 is 5.97 Å². The van der Waals surface area contributed by atoms with Crippen molar-refractivity contribution in [3.63, 3.8) is 0 Å². The van der Waals surface area contributed by atoms with Gasteiger partial charge in [0.2, 0.25) is 0 Å². The Balaban J connectivity index is 3.15. The predicted molar refractivity (Wildman–Crippen MR) is 36.7 cm³/mol. The molecule has 0 aliphatic carbocycles. The maximum Gasteiger partial charge on any atom is 0.335 e. The zero-order valence-corrected chi connectivity index (χ0v) is 5.48. The van der Waals surface area contributed by atoms with Crippen LogP contribution in [0.4, 0.5) is 0 Å². The molecule has 4 heteroatoms. The minimum atomic E-state index is -1.14. The number of benzene rings is 1. The molecule has 11 heavy (non-hydrogen) atoms. The van der Waals surface area contributed by atoms with Crippen LogP contribution in [-0.4, -0.2) is 21.3 Å². The summed E-state index contributed by atoms with van der Waals surface area (Å²) in [6.07, 6.45) is 0. The largest absolute Gasteiger partial charge is 0.504 e. The van der Waals surface area contributed by atoms with Gasteiger partial charge in [-0.2, -0.15) is 0 Å². The maximum absolute atomic E-state index is 10.3. The molecular weight excluding hydrogens is 151 g/mol. The molecule has 0 aliphatic heterocycles. The van der Waals surface area contributed by atoms with E-state index in [-0.39, 0.29) is 11.3 Å². The fourth-order valence-corrected chi connectivity index (χ4v) is 0.656. The predicted octanol–water partition coefficient (Wildman–Crippen LogP) is 0.796. The van der Waals surface area contributed by atoms with Crippen LogP contribution in [0.5, 0.6) is 11.5 Å². The van der Waals surface area contributed by atoms with Crippen LogP contribution >= 0.6 is 0 Å². The molecule has 0 saturated heterocycles. The number of aromatic hydroxyl groups is 2. The molecule has 0 radical (unpaired) electrons. The maximum atomic E-state index is 10.3. The van der Waals surface area contributed by atoms with Crippen molar-refractivity contribution in [2.75, 3.05) is 0 Å². The summed E-state index contributed by atoms with van der Waals surface area (Å²) in [5, 5.41) is 26.0. The van der Waals surface area contributed by atoms with Gasteiger partial charge in [0.15, 0.2) is 11.5 Å². The van der Waals surface area contributed by atoms with Crippen molar-refractivity contribution < 1.29 is 20.1 Å². The molecule has 3 N–H and O–H groups in total. The first-order chi connectivity index (χ1) is 5.11. The van der Waals surface area contributed by atoms with E-state index in [1.165, 1.54) is 6.07 Å². The summed E-state index contributed by atoms with van der Waals surface area (Å²) in [5.41, 5.74) is -0.0553. The molecule has 0 heterocycles. The second-order valence-electron chi connectivity index (χ2n) is 2.01. The van der Waals surface area contributed by atoms with Crippen LogP contribution < -0.4 is 0 Å². The second kappa shape index (κ2) is 2.49. The highest BCUT2D eigenvalue weighted by atomic mass is 16.4. The van der Waals surface area contributed by atoms with Gasteiger partial charge in [0, 0.05) is 0 Å². The Morgan fingerprint density at radius 2 is 1.82 bits per heavy atom. The molecule has 0 saturated carbocycles. The van der Waals surface area contributed by atoms with Gasteiger partial charge in [-0.05, 0) is 18.2 Å². The van der Waals surface area contributed by atoms with E-state index >= 15 is 0 Å². The lowest BCUT2D eigenvalue weighted by atomic mass is 10.6. The second-order valence-corrected chi connectivity index (χ2v) is 2.01. The Hall–Kier alpha value is -1.71. The molecular formula is C7H6O4. The van der Waals surface area contributed by atoms with Crippen LogP contribution in [0.3, 0.4) is 0 Å². The van der Waals surface area contributed by atoms with Gasteiger partial charge in [-0.15, -0.1) is 0 Å². The molecule has 0 amide bonds. The molecule has 0 spiro atoms.